The Bertz CT molecular complexity index is 1510. The molecule has 1 amide bonds. The van der Waals surface area contributed by atoms with Crippen LogP contribution in [0.1, 0.15) is 35.3 Å². The maximum absolute atomic E-state index is 14.3. The molecule has 6 nitrogen and oxygen atoms in total. The van der Waals surface area contributed by atoms with Gasteiger partial charge in [0.15, 0.2) is 23.3 Å². The Morgan fingerprint density at radius 2 is 1.59 bits per heavy atom. The first-order valence-electron chi connectivity index (χ1n) is 11.3. The Hall–Kier alpha value is -4.25. The summed E-state index contributed by atoms with van der Waals surface area (Å²) in [7, 11) is 0. The van der Waals surface area contributed by atoms with E-state index in [0.717, 1.165) is 0 Å². The summed E-state index contributed by atoms with van der Waals surface area (Å²) in [6, 6.07) is 11.0. The van der Waals surface area contributed by atoms with Gasteiger partial charge in [-0.3, -0.25) is 4.79 Å². The van der Waals surface area contributed by atoms with Crippen molar-refractivity contribution in [3.05, 3.63) is 98.8 Å². The number of carbonyl (C=O) groups is 2. The van der Waals surface area contributed by atoms with Crippen molar-refractivity contribution in [1.29, 1.82) is 0 Å². The molecule has 1 heterocycles. The summed E-state index contributed by atoms with van der Waals surface area (Å²) in [4.78, 5) is 24.8. The van der Waals surface area contributed by atoms with E-state index in [1.54, 1.807) is 31.2 Å². The van der Waals surface area contributed by atoms with E-state index in [9.17, 15) is 31.5 Å². The Kier molecular flexibility index (Phi) is 8.01. The number of ether oxygens (including phenoxy) is 2. The molecule has 3 aromatic carbocycles. The lowest BCUT2D eigenvalue weighted by molar-refractivity contribution is -0.114. The van der Waals surface area contributed by atoms with Gasteiger partial charge in [0, 0.05) is 10.6 Å². The lowest BCUT2D eigenvalue weighted by Gasteiger charge is -2.15. The zero-order valence-electron chi connectivity index (χ0n) is 20.3. The summed E-state index contributed by atoms with van der Waals surface area (Å²) in [6.45, 7) is 3.32. The molecule has 0 unspecified atom stereocenters. The molecule has 1 aliphatic heterocycles. The van der Waals surface area contributed by atoms with Crippen LogP contribution in [-0.2, 0) is 16.1 Å². The highest BCUT2D eigenvalue weighted by Crippen LogP contribution is 2.35. The second-order valence-corrected chi connectivity index (χ2v) is 8.60. The number of rotatable bonds is 7. The van der Waals surface area contributed by atoms with Crippen molar-refractivity contribution < 1.29 is 41.0 Å². The Morgan fingerprint density at radius 3 is 2.21 bits per heavy atom. The van der Waals surface area contributed by atoms with Crippen molar-refractivity contribution in [2.45, 2.75) is 20.5 Å². The monoisotopic (exact) mass is 564 g/mol. The van der Waals surface area contributed by atoms with Gasteiger partial charge in [0.25, 0.3) is 5.91 Å². The predicted octanol–water partition coefficient (Wildman–Crippen LogP) is 6.60. The third-order valence-corrected chi connectivity index (χ3v) is 5.83. The van der Waals surface area contributed by atoms with Gasteiger partial charge in [-0.25, -0.2) is 26.7 Å². The van der Waals surface area contributed by atoms with E-state index in [1.165, 1.54) is 31.2 Å². The number of anilines is 1. The van der Waals surface area contributed by atoms with Gasteiger partial charge in [-0.1, -0.05) is 23.7 Å². The largest absolute Gasteiger partial charge is 0.488 e. The van der Waals surface area contributed by atoms with E-state index in [0.29, 0.717) is 11.1 Å². The van der Waals surface area contributed by atoms with Gasteiger partial charge in [-0.2, -0.15) is 10.1 Å². The van der Waals surface area contributed by atoms with Crippen LogP contribution in [0.15, 0.2) is 53.1 Å². The first-order chi connectivity index (χ1) is 18.5. The first-order valence-corrected chi connectivity index (χ1v) is 11.7. The standard InChI is InChI=1S/C27H18ClF5N2O4/c1-3-38-27(37)15-6-4-14(5-7-15)12-39-19-9-8-17(28)10-16(19)11-18-13(2)34-35(26(18)36)25-23(32)21(30)20(29)22(31)24(25)33/h4-11H,3,12H2,1-2H3/b18-11-. The highest BCUT2D eigenvalue weighted by atomic mass is 35.5. The van der Waals surface area contributed by atoms with E-state index in [2.05, 4.69) is 5.10 Å². The number of carbonyl (C=O) groups excluding carboxylic acids is 2. The SMILES string of the molecule is CCOC(=O)c1ccc(COc2ccc(Cl)cc2/C=C2\C(=O)N(c3c(F)c(F)c(F)c(F)c3F)N=C2C)cc1. The molecule has 0 atom stereocenters. The number of esters is 1. The van der Waals surface area contributed by atoms with Crippen molar-refractivity contribution in [3.8, 4) is 5.75 Å². The fourth-order valence-corrected chi connectivity index (χ4v) is 3.83. The Balaban J connectivity index is 1.61. The molecule has 1 aliphatic rings. The van der Waals surface area contributed by atoms with Crippen LogP contribution in [0.2, 0.25) is 5.02 Å². The smallest absolute Gasteiger partial charge is 0.338 e. The fraction of sp³-hybridized carbons (Fsp3) is 0.148. The number of nitrogens with zero attached hydrogens (tertiary/aromatic N) is 2. The van der Waals surface area contributed by atoms with E-state index < -0.39 is 46.6 Å². The minimum absolute atomic E-state index is 0.0515. The summed E-state index contributed by atoms with van der Waals surface area (Å²) in [5, 5.41) is 4.10. The molecule has 0 N–H and O–H groups in total. The Labute approximate surface area is 223 Å². The molecule has 0 radical (unpaired) electrons. The van der Waals surface area contributed by atoms with Crippen molar-refractivity contribution in [2.24, 2.45) is 5.10 Å². The number of hydrazone groups is 1. The van der Waals surface area contributed by atoms with Crippen LogP contribution in [0.3, 0.4) is 0 Å². The number of amides is 1. The molecule has 39 heavy (non-hydrogen) atoms. The number of hydrogen-bond donors (Lipinski definition) is 0. The lowest BCUT2D eigenvalue weighted by atomic mass is 10.1. The molecular formula is C27H18ClF5N2O4. The highest BCUT2D eigenvalue weighted by molar-refractivity contribution is 6.33. The van der Waals surface area contributed by atoms with Crippen LogP contribution >= 0.6 is 11.6 Å². The molecule has 12 heteroatoms. The second kappa shape index (κ2) is 11.2. The first kappa shape index (κ1) is 27.8. The lowest BCUT2D eigenvalue weighted by Crippen LogP contribution is -2.25. The summed E-state index contributed by atoms with van der Waals surface area (Å²) in [5.74, 6) is -12.5. The highest BCUT2D eigenvalue weighted by Gasteiger charge is 2.37. The maximum Gasteiger partial charge on any atom is 0.338 e. The zero-order valence-corrected chi connectivity index (χ0v) is 21.1. The molecule has 4 rings (SSSR count). The average Bonchev–Trinajstić information content (AvgIpc) is 3.19. The molecule has 0 aliphatic carbocycles. The molecule has 0 aromatic heterocycles. The minimum Gasteiger partial charge on any atom is -0.488 e. The van der Waals surface area contributed by atoms with Gasteiger partial charge in [0.2, 0.25) is 5.82 Å². The molecule has 0 bridgehead atoms. The molecule has 0 spiro atoms. The van der Waals surface area contributed by atoms with Gasteiger partial charge in [0.05, 0.1) is 23.5 Å². The van der Waals surface area contributed by atoms with Gasteiger partial charge in [-0.05, 0) is 55.8 Å². The van der Waals surface area contributed by atoms with Gasteiger partial charge < -0.3 is 9.47 Å². The van der Waals surface area contributed by atoms with Crippen LogP contribution in [-0.4, -0.2) is 24.2 Å². The predicted molar refractivity (Wildman–Crippen MR) is 133 cm³/mol. The van der Waals surface area contributed by atoms with Crippen molar-refractivity contribution in [1.82, 2.24) is 0 Å². The summed E-state index contributed by atoms with van der Waals surface area (Å²) >= 11 is 6.11. The van der Waals surface area contributed by atoms with Crippen LogP contribution in [0, 0.1) is 29.1 Å². The van der Waals surface area contributed by atoms with Crippen molar-refractivity contribution in [3.63, 3.8) is 0 Å². The Morgan fingerprint density at radius 1 is 0.974 bits per heavy atom. The molecule has 3 aromatic rings. The minimum atomic E-state index is -2.35. The number of halogens is 6. The molecule has 202 valence electrons. The van der Waals surface area contributed by atoms with Crippen LogP contribution in [0.25, 0.3) is 6.08 Å². The topological polar surface area (TPSA) is 68.2 Å². The number of benzene rings is 3. The van der Waals surface area contributed by atoms with E-state index in [1.807, 2.05) is 0 Å². The average molecular weight is 565 g/mol. The van der Waals surface area contributed by atoms with Crippen LogP contribution in [0.5, 0.6) is 5.75 Å². The van der Waals surface area contributed by atoms with E-state index in [-0.39, 0.29) is 45.8 Å². The third-order valence-electron chi connectivity index (χ3n) is 5.59. The van der Waals surface area contributed by atoms with Crippen LogP contribution in [0.4, 0.5) is 27.6 Å². The maximum atomic E-state index is 14.3. The normalized spacial score (nSPS) is 14.2. The number of hydrogen-bond acceptors (Lipinski definition) is 5. The molecule has 0 saturated heterocycles. The fourth-order valence-electron chi connectivity index (χ4n) is 3.65. The summed E-state index contributed by atoms with van der Waals surface area (Å²) in [5.41, 5.74) is -0.390. The second-order valence-electron chi connectivity index (χ2n) is 8.17. The zero-order chi connectivity index (χ0) is 28.4. The van der Waals surface area contributed by atoms with Crippen LogP contribution < -0.4 is 9.75 Å². The molecular weight excluding hydrogens is 547 g/mol. The van der Waals surface area contributed by atoms with Gasteiger partial charge in [-0.15, -0.1) is 0 Å². The van der Waals surface area contributed by atoms with Gasteiger partial charge >= 0.3 is 5.97 Å². The van der Waals surface area contributed by atoms with E-state index in [4.69, 9.17) is 21.1 Å². The quantitative estimate of drug-likeness (QED) is 0.107. The third kappa shape index (κ3) is 5.49. The molecule has 0 saturated carbocycles. The summed E-state index contributed by atoms with van der Waals surface area (Å²) in [6.07, 6.45) is 1.28. The van der Waals surface area contributed by atoms with Gasteiger partial charge in [0.1, 0.15) is 18.0 Å². The van der Waals surface area contributed by atoms with Crippen molar-refractivity contribution in [2.75, 3.05) is 11.6 Å². The molecule has 0 fully saturated rings. The van der Waals surface area contributed by atoms with Crippen molar-refractivity contribution >= 4 is 41.0 Å². The summed E-state index contributed by atoms with van der Waals surface area (Å²) < 4.78 is 80.4. The van der Waals surface area contributed by atoms with E-state index >= 15 is 0 Å².